The molecule has 0 saturated carbocycles. The molecule has 0 aliphatic rings. The third-order valence-electron chi connectivity index (χ3n) is 2.21. The second-order valence-electron chi connectivity index (χ2n) is 3.86. The first-order valence-corrected chi connectivity index (χ1v) is 6.09. The highest BCUT2D eigenvalue weighted by Gasteiger charge is 2.03. The largest absolute Gasteiger partial charge is 0.375 e. The van der Waals surface area contributed by atoms with Gasteiger partial charge in [0.2, 0.25) is 0 Å². The van der Waals surface area contributed by atoms with Crippen LogP contribution < -0.4 is 5.32 Å². The Balaban J connectivity index is 2.30. The van der Waals surface area contributed by atoms with Crippen LogP contribution in [0.4, 0.5) is 8.78 Å². The topological polar surface area (TPSA) is 47.0 Å². The predicted molar refractivity (Wildman–Crippen MR) is 64.6 cm³/mol. The van der Waals surface area contributed by atoms with E-state index in [0.717, 1.165) is 18.7 Å². The van der Waals surface area contributed by atoms with Crippen molar-refractivity contribution in [2.24, 2.45) is 0 Å². The number of aromatic nitrogens is 2. The molecule has 0 amide bonds. The lowest BCUT2D eigenvalue weighted by Gasteiger charge is -2.05. The average Bonchev–Trinajstić information content (AvgIpc) is 2.35. The molecule has 1 N–H and O–H groups in total. The van der Waals surface area contributed by atoms with E-state index in [9.17, 15) is 8.78 Å². The van der Waals surface area contributed by atoms with Crippen LogP contribution in [-0.2, 0) is 17.7 Å². The summed E-state index contributed by atoms with van der Waals surface area (Å²) >= 11 is 0. The van der Waals surface area contributed by atoms with Crippen molar-refractivity contribution in [3.63, 3.8) is 0 Å². The molecule has 1 rings (SSSR count). The fourth-order valence-corrected chi connectivity index (χ4v) is 1.39. The van der Waals surface area contributed by atoms with Gasteiger partial charge in [-0.05, 0) is 19.0 Å². The van der Waals surface area contributed by atoms with Crippen LogP contribution in [0.15, 0.2) is 12.3 Å². The molecule has 102 valence electrons. The average molecular weight is 259 g/mol. The van der Waals surface area contributed by atoms with Crippen LogP contribution in [0.3, 0.4) is 0 Å². The van der Waals surface area contributed by atoms with Gasteiger partial charge in [-0.3, -0.25) is 0 Å². The van der Waals surface area contributed by atoms with E-state index in [1.807, 2.05) is 6.07 Å². The number of halogens is 2. The molecule has 0 saturated heterocycles. The highest BCUT2D eigenvalue weighted by atomic mass is 19.3. The zero-order valence-electron chi connectivity index (χ0n) is 10.5. The van der Waals surface area contributed by atoms with Gasteiger partial charge in [-0.25, -0.2) is 18.7 Å². The Morgan fingerprint density at radius 1 is 1.44 bits per heavy atom. The van der Waals surface area contributed by atoms with E-state index in [-0.39, 0.29) is 6.61 Å². The van der Waals surface area contributed by atoms with Gasteiger partial charge in [0.25, 0.3) is 6.43 Å². The van der Waals surface area contributed by atoms with Crippen LogP contribution in [0.5, 0.6) is 0 Å². The quantitative estimate of drug-likeness (QED) is 0.687. The third kappa shape index (κ3) is 6.56. The van der Waals surface area contributed by atoms with Crippen molar-refractivity contribution < 1.29 is 13.5 Å². The Kier molecular flexibility index (Phi) is 7.36. The molecule has 0 bridgehead atoms. The number of hydrogen-bond acceptors (Lipinski definition) is 4. The number of nitrogens with zero attached hydrogens (tertiary/aromatic N) is 2. The number of nitrogens with one attached hydrogen (secondary N) is 1. The van der Waals surface area contributed by atoms with Crippen LogP contribution in [-0.4, -0.2) is 36.2 Å². The van der Waals surface area contributed by atoms with Crippen LogP contribution >= 0.6 is 0 Å². The van der Waals surface area contributed by atoms with Crippen molar-refractivity contribution >= 4 is 0 Å². The molecule has 0 aliphatic heterocycles. The molecule has 0 fully saturated rings. The fourth-order valence-electron chi connectivity index (χ4n) is 1.39. The van der Waals surface area contributed by atoms with Crippen molar-refractivity contribution in [1.82, 2.24) is 15.3 Å². The minimum Gasteiger partial charge on any atom is -0.375 e. The van der Waals surface area contributed by atoms with E-state index >= 15 is 0 Å². The maximum Gasteiger partial charge on any atom is 0.261 e. The number of alkyl halides is 2. The fraction of sp³-hybridized carbons (Fsp3) is 0.667. The normalized spacial score (nSPS) is 11.1. The molecule has 0 unspecified atom stereocenters. The van der Waals surface area contributed by atoms with Gasteiger partial charge in [-0.15, -0.1) is 0 Å². The molecular weight excluding hydrogens is 240 g/mol. The first-order valence-electron chi connectivity index (χ1n) is 6.09. The van der Waals surface area contributed by atoms with Gasteiger partial charge >= 0.3 is 0 Å². The zero-order chi connectivity index (χ0) is 13.2. The highest BCUT2D eigenvalue weighted by Crippen LogP contribution is 1.98. The molecule has 0 radical (unpaired) electrons. The van der Waals surface area contributed by atoms with Gasteiger partial charge in [-0.1, -0.05) is 6.92 Å². The Bertz CT molecular complexity index is 337. The summed E-state index contributed by atoms with van der Waals surface area (Å²) in [4.78, 5) is 8.40. The minimum atomic E-state index is -2.42. The maximum atomic E-state index is 11.8. The molecule has 4 nitrogen and oxygen atoms in total. The van der Waals surface area contributed by atoms with Crippen molar-refractivity contribution in [2.75, 3.05) is 19.8 Å². The predicted octanol–water partition coefficient (Wildman–Crippen LogP) is 1.80. The summed E-state index contributed by atoms with van der Waals surface area (Å²) < 4.78 is 28.5. The van der Waals surface area contributed by atoms with Crippen molar-refractivity contribution in [3.8, 4) is 0 Å². The first-order chi connectivity index (χ1) is 8.72. The Morgan fingerprint density at radius 2 is 2.28 bits per heavy atom. The number of rotatable bonds is 9. The number of hydrogen-bond donors (Lipinski definition) is 1. The monoisotopic (exact) mass is 259 g/mol. The van der Waals surface area contributed by atoms with Crippen LogP contribution in [0.1, 0.15) is 24.9 Å². The molecule has 0 atom stereocenters. The Hall–Kier alpha value is -1.14. The summed E-state index contributed by atoms with van der Waals surface area (Å²) in [6.07, 6.45) is 0.780. The lowest BCUT2D eigenvalue weighted by Crippen LogP contribution is -2.16. The number of ether oxygens (including phenoxy) is 1. The smallest absolute Gasteiger partial charge is 0.261 e. The zero-order valence-corrected chi connectivity index (χ0v) is 10.5. The van der Waals surface area contributed by atoms with E-state index in [2.05, 4.69) is 22.2 Å². The highest BCUT2D eigenvalue weighted by molar-refractivity contribution is 5.02. The standard InChI is InChI=1S/C12H19F2N3O/c1-2-5-15-8-10-3-6-16-12(17-10)4-7-18-9-11(13)14/h3,6,11,15H,2,4-5,7-9H2,1H3. The summed E-state index contributed by atoms with van der Waals surface area (Å²) in [5.41, 5.74) is 0.905. The third-order valence-corrected chi connectivity index (χ3v) is 2.21. The van der Waals surface area contributed by atoms with Crippen LogP contribution in [0, 0.1) is 0 Å². The van der Waals surface area contributed by atoms with Gasteiger partial charge in [0.05, 0.1) is 12.3 Å². The SMILES string of the molecule is CCCNCc1ccnc(CCOCC(F)F)n1. The van der Waals surface area contributed by atoms with Crippen LogP contribution in [0.2, 0.25) is 0 Å². The van der Waals surface area contributed by atoms with Crippen LogP contribution in [0.25, 0.3) is 0 Å². The van der Waals surface area contributed by atoms with E-state index in [1.165, 1.54) is 0 Å². The van der Waals surface area contributed by atoms with Crippen molar-refractivity contribution in [1.29, 1.82) is 0 Å². The van der Waals surface area contributed by atoms with Gasteiger partial charge in [0, 0.05) is 19.2 Å². The molecule has 6 heteroatoms. The maximum absolute atomic E-state index is 11.8. The van der Waals surface area contributed by atoms with Gasteiger partial charge < -0.3 is 10.1 Å². The second-order valence-corrected chi connectivity index (χ2v) is 3.86. The van der Waals surface area contributed by atoms with Crippen molar-refractivity contribution in [2.45, 2.75) is 32.7 Å². The van der Waals surface area contributed by atoms with E-state index in [4.69, 9.17) is 4.74 Å². The van der Waals surface area contributed by atoms with E-state index in [1.54, 1.807) is 6.20 Å². The Labute approximate surface area is 106 Å². The van der Waals surface area contributed by atoms with E-state index < -0.39 is 13.0 Å². The molecule has 0 aliphatic carbocycles. The molecule has 18 heavy (non-hydrogen) atoms. The lowest BCUT2D eigenvalue weighted by atomic mass is 10.3. The van der Waals surface area contributed by atoms with E-state index in [0.29, 0.717) is 18.8 Å². The molecule has 0 aromatic carbocycles. The molecule has 1 heterocycles. The Morgan fingerprint density at radius 3 is 3.00 bits per heavy atom. The minimum absolute atomic E-state index is 0.218. The van der Waals surface area contributed by atoms with Crippen molar-refractivity contribution in [3.05, 3.63) is 23.8 Å². The van der Waals surface area contributed by atoms with Gasteiger partial charge in [0.15, 0.2) is 0 Å². The molecule has 1 aromatic heterocycles. The summed E-state index contributed by atoms with van der Waals surface area (Å²) in [7, 11) is 0. The first kappa shape index (κ1) is 14.9. The van der Waals surface area contributed by atoms with Gasteiger partial charge in [-0.2, -0.15) is 0 Å². The second kappa shape index (κ2) is 8.88. The summed E-state index contributed by atoms with van der Waals surface area (Å²) in [6, 6.07) is 1.84. The molecular formula is C12H19F2N3O. The molecule has 1 aromatic rings. The van der Waals surface area contributed by atoms with Gasteiger partial charge in [0.1, 0.15) is 12.4 Å². The summed E-state index contributed by atoms with van der Waals surface area (Å²) in [5, 5.41) is 3.24. The summed E-state index contributed by atoms with van der Waals surface area (Å²) in [5.74, 6) is 0.625. The summed E-state index contributed by atoms with van der Waals surface area (Å²) in [6.45, 7) is 3.42. The lowest BCUT2D eigenvalue weighted by molar-refractivity contribution is 0.0182. The molecule has 0 spiro atoms.